The highest BCUT2D eigenvalue weighted by atomic mass is 32.1. The molecule has 1 amide bonds. The summed E-state index contributed by atoms with van der Waals surface area (Å²) in [4.78, 5) is 16.4. The van der Waals surface area contributed by atoms with Crippen molar-refractivity contribution in [2.45, 2.75) is 71.3 Å². The number of nitrogens with zero attached hydrogens (tertiary/aromatic N) is 1. The molecule has 5 heteroatoms. The third-order valence-corrected chi connectivity index (χ3v) is 7.24. The molecule has 1 N–H and O–H groups in total. The summed E-state index contributed by atoms with van der Waals surface area (Å²) in [5.74, 6) is 0.882. The molecule has 4 bridgehead atoms. The van der Waals surface area contributed by atoms with Crippen LogP contribution < -0.4 is 5.32 Å². The summed E-state index contributed by atoms with van der Waals surface area (Å²) in [5.41, 5.74) is 1.88. The molecule has 0 radical (unpaired) electrons. The maximum absolute atomic E-state index is 12.0. The number of aryl methyl sites for hydroxylation is 1. The van der Waals surface area contributed by atoms with Crippen molar-refractivity contribution < 1.29 is 9.53 Å². The van der Waals surface area contributed by atoms with Gasteiger partial charge in [-0.2, -0.15) is 0 Å². The van der Waals surface area contributed by atoms with Crippen molar-refractivity contribution in [2.75, 3.05) is 13.2 Å². The summed E-state index contributed by atoms with van der Waals surface area (Å²) in [5, 5.41) is 5.96. The second-order valence-electron chi connectivity index (χ2n) is 9.55. The van der Waals surface area contributed by atoms with Crippen LogP contribution in [-0.4, -0.2) is 29.6 Å². The Balaban J connectivity index is 1.27. The Hall–Kier alpha value is -0.940. The number of thiazole rings is 1. The number of rotatable bonds is 6. The van der Waals surface area contributed by atoms with E-state index < -0.39 is 0 Å². The van der Waals surface area contributed by atoms with Gasteiger partial charge in [-0.05, 0) is 62.2 Å². The van der Waals surface area contributed by atoms with Gasteiger partial charge in [-0.15, -0.1) is 11.3 Å². The van der Waals surface area contributed by atoms with Crippen LogP contribution in [0, 0.1) is 23.7 Å². The maximum Gasteiger partial charge on any atom is 0.226 e. The van der Waals surface area contributed by atoms with E-state index in [1.165, 1.54) is 38.5 Å². The van der Waals surface area contributed by atoms with Gasteiger partial charge in [0.25, 0.3) is 0 Å². The number of hydrogen-bond acceptors (Lipinski definition) is 4. The van der Waals surface area contributed by atoms with Crippen LogP contribution in [0.4, 0.5) is 0 Å². The third kappa shape index (κ3) is 3.63. The SMILES string of the molecule is Cc1nc(CC(=O)NCCOC23CC4CC(C)(CC(C)(C4)C2)C3)cs1. The van der Waals surface area contributed by atoms with Crippen molar-refractivity contribution in [3.63, 3.8) is 0 Å². The van der Waals surface area contributed by atoms with Crippen LogP contribution in [0.3, 0.4) is 0 Å². The molecule has 4 nitrogen and oxygen atoms in total. The first-order valence-electron chi connectivity index (χ1n) is 9.59. The monoisotopic (exact) mass is 362 g/mol. The highest BCUT2D eigenvalue weighted by molar-refractivity contribution is 7.09. The van der Waals surface area contributed by atoms with E-state index in [0.717, 1.165) is 16.6 Å². The van der Waals surface area contributed by atoms with Crippen molar-refractivity contribution in [2.24, 2.45) is 16.7 Å². The van der Waals surface area contributed by atoms with Crippen molar-refractivity contribution in [1.82, 2.24) is 10.3 Å². The zero-order valence-electron chi connectivity index (χ0n) is 15.7. The number of carbonyl (C=O) groups excluding carboxylic acids is 1. The zero-order chi connectivity index (χ0) is 17.7. The van der Waals surface area contributed by atoms with E-state index in [1.807, 2.05) is 12.3 Å². The Morgan fingerprint density at radius 1 is 1.28 bits per heavy atom. The first-order valence-corrected chi connectivity index (χ1v) is 10.5. The first-order chi connectivity index (χ1) is 11.8. The Kier molecular flexibility index (Phi) is 4.23. The largest absolute Gasteiger partial charge is 0.373 e. The molecule has 1 heterocycles. The zero-order valence-corrected chi connectivity index (χ0v) is 16.5. The quantitative estimate of drug-likeness (QED) is 0.782. The molecule has 2 atom stereocenters. The molecule has 4 aliphatic carbocycles. The number of amides is 1. The Bertz CT molecular complexity index is 652. The van der Waals surface area contributed by atoms with E-state index in [4.69, 9.17) is 4.74 Å². The number of carbonyl (C=O) groups is 1. The van der Waals surface area contributed by atoms with E-state index in [-0.39, 0.29) is 11.5 Å². The average Bonchev–Trinajstić information content (AvgIpc) is 2.85. The van der Waals surface area contributed by atoms with Gasteiger partial charge in [-0.25, -0.2) is 4.98 Å². The predicted molar refractivity (Wildman–Crippen MR) is 99.7 cm³/mol. The van der Waals surface area contributed by atoms with Crippen molar-refractivity contribution >= 4 is 17.2 Å². The molecule has 5 rings (SSSR count). The normalized spacial score (nSPS) is 38.9. The van der Waals surface area contributed by atoms with Gasteiger partial charge in [-0.3, -0.25) is 4.79 Å². The van der Waals surface area contributed by atoms with E-state index in [0.29, 0.717) is 30.4 Å². The van der Waals surface area contributed by atoms with Gasteiger partial charge in [0, 0.05) is 11.9 Å². The summed E-state index contributed by atoms with van der Waals surface area (Å²) in [6, 6.07) is 0. The molecular formula is C20H30N2O2S. The lowest BCUT2D eigenvalue weighted by Crippen LogP contribution is -2.59. The number of nitrogens with one attached hydrogen (secondary N) is 1. The molecule has 138 valence electrons. The molecule has 1 aromatic rings. The topological polar surface area (TPSA) is 51.2 Å². The third-order valence-electron chi connectivity index (χ3n) is 6.42. The molecule has 0 spiro atoms. The fourth-order valence-corrected chi connectivity index (χ4v) is 7.29. The molecule has 4 saturated carbocycles. The second-order valence-corrected chi connectivity index (χ2v) is 10.6. The Morgan fingerprint density at radius 2 is 2.00 bits per heavy atom. The van der Waals surface area contributed by atoms with Gasteiger partial charge in [0.05, 0.1) is 29.3 Å². The second kappa shape index (κ2) is 6.05. The summed E-state index contributed by atoms with van der Waals surface area (Å²) in [6.45, 7) is 8.12. The lowest BCUT2D eigenvalue weighted by Gasteiger charge is -2.65. The molecular weight excluding hydrogens is 332 g/mol. The standard InChI is InChI=1S/C20H30N2O2S/c1-14-22-16(10-25-14)6-17(23)21-4-5-24-20-9-15-7-18(2,12-20)11-19(3,8-15)13-20/h10,15H,4-9,11-13H2,1-3H3,(H,21,23). The maximum atomic E-state index is 12.0. The highest BCUT2D eigenvalue weighted by Gasteiger charge is 2.60. The summed E-state index contributed by atoms with van der Waals surface area (Å²) < 4.78 is 6.45. The molecule has 0 saturated heterocycles. The molecule has 25 heavy (non-hydrogen) atoms. The summed E-state index contributed by atoms with van der Waals surface area (Å²) in [6.07, 6.45) is 8.15. The number of ether oxygens (including phenoxy) is 1. The van der Waals surface area contributed by atoms with Crippen LogP contribution >= 0.6 is 11.3 Å². The molecule has 4 aliphatic rings. The van der Waals surface area contributed by atoms with Crippen molar-refractivity contribution in [3.05, 3.63) is 16.1 Å². The minimum Gasteiger partial charge on any atom is -0.373 e. The number of aromatic nitrogens is 1. The van der Waals surface area contributed by atoms with Crippen molar-refractivity contribution in [3.8, 4) is 0 Å². The van der Waals surface area contributed by atoms with E-state index in [9.17, 15) is 4.79 Å². The Labute approximate surface area is 154 Å². The van der Waals surface area contributed by atoms with Crippen molar-refractivity contribution in [1.29, 1.82) is 0 Å². The first kappa shape index (κ1) is 17.5. The van der Waals surface area contributed by atoms with E-state index >= 15 is 0 Å². The van der Waals surface area contributed by atoms with Gasteiger partial charge in [0.1, 0.15) is 0 Å². The average molecular weight is 363 g/mol. The lowest BCUT2D eigenvalue weighted by atomic mass is 9.43. The van der Waals surface area contributed by atoms with Crippen LogP contribution in [0.2, 0.25) is 0 Å². The summed E-state index contributed by atoms with van der Waals surface area (Å²) in [7, 11) is 0. The smallest absolute Gasteiger partial charge is 0.226 e. The minimum absolute atomic E-state index is 0.0401. The molecule has 0 aliphatic heterocycles. The molecule has 2 unspecified atom stereocenters. The van der Waals surface area contributed by atoms with Crippen LogP contribution in [0.15, 0.2) is 5.38 Å². The summed E-state index contributed by atoms with van der Waals surface area (Å²) >= 11 is 1.59. The van der Waals surface area contributed by atoms with Gasteiger partial charge in [0.15, 0.2) is 0 Å². The fourth-order valence-electron chi connectivity index (χ4n) is 6.68. The van der Waals surface area contributed by atoms with Crippen LogP contribution in [0.1, 0.15) is 63.1 Å². The van der Waals surface area contributed by atoms with Crippen LogP contribution in [-0.2, 0) is 16.0 Å². The molecule has 1 aromatic heterocycles. The lowest BCUT2D eigenvalue weighted by molar-refractivity contribution is -0.213. The predicted octanol–water partition coefficient (Wildman–Crippen LogP) is 3.88. The van der Waals surface area contributed by atoms with Gasteiger partial charge in [0.2, 0.25) is 5.91 Å². The fraction of sp³-hybridized carbons (Fsp3) is 0.800. The van der Waals surface area contributed by atoms with Gasteiger partial charge in [-0.1, -0.05) is 13.8 Å². The Morgan fingerprint density at radius 3 is 2.60 bits per heavy atom. The van der Waals surface area contributed by atoms with Crippen LogP contribution in [0.25, 0.3) is 0 Å². The molecule has 0 aromatic carbocycles. The molecule has 4 fully saturated rings. The van der Waals surface area contributed by atoms with Gasteiger partial charge < -0.3 is 10.1 Å². The van der Waals surface area contributed by atoms with E-state index in [2.05, 4.69) is 24.1 Å². The highest BCUT2D eigenvalue weighted by Crippen LogP contribution is 2.67. The van der Waals surface area contributed by atoms with E-state index in [1.54, 1.807) is 11.3 Å². The minimum atomic E-state index is 0.0401. The van der Waals surface area contributed by atoms with Crippen LogP contribution in [0.5, 0.6) is 0 Å². The number of hydrogen-bond donors (Lipinski definition) is 1. The van der Waals surface area contributed by atoms with Gasteiger partial charge >= 0.3 is 0 Å².